The van der Waals surface area contributed by atoms with Crippen LogP contribution >= 0.6 is 0 Å². The molecule has 6 heteroatoms. The van der Waals surface area contributed by atoms with Gasteiger partial charge in [0.05, 0.1) is 17.3 Å². The van der Waals surface area contributed by atoms with Crippen molar-refractivity contribution in [2.75, 3.05) is 18.9 Å². The Labute approximate surface area is 89.9 Å². The van der Waals surface area contributed by atoms with E-state index < -0.39 is 26.5 Å². The first-order chi connectivity index (χ1) is 6.94. The molecule has 1 fully saturated rings. The number of carbonyl (C=O) groups excluding carboxylic acids is 1. The Morgan fingerprint density at radius 2 is 2.13 bits per heavy atom. The van der Waals surface area contributed by atoms with Crippen LogP contribution in [0.4, 0.5) is 0 Å². The summed E-state index contributed by atoms with van der Waals surface area (Å²) < 4.78 is 28.0. The molecular formula is C9H17NO4S. The summed E-state index contributed by atoms with van der Waals surface area (Å²) in [7, 11) is -3.19. The normalized spacial score (nSPS) is 29.9. The van der Waals surface area contributed by atoms with E-state index in [4.69, 9.17) is 10.5 Å². The van der Waals surface area contributed by atoms with Gasteiger partial charge >= 0.3 is 5.97 Å². The molecule has 0 spiro atoms. The number of hydrogen-bond donors (Lipinski definition) is 1. The van der Waals surface area contributed by atoms with Gasteiger partial charge in [-0.05, 0) is 13.3 Å². The van der Waals surface area contributed by atoms with E-state index in [9.17, 15) is 13.2 Å². The molecule has 1 aliphatic rings. The first-order valence-electron chi connectivity index (χ1n) is 5.03. The van der Waals surface area contributed by atoms with Crippen LogP contribution in [0, 0.1) is 5.41 Å². The summed E-state index contributed by atoms with van der Waals surface area (Å²) in [6.45, 7) is 3.54. The van der Waals surface area contributed by atoms with E-state index in [1.165, 1.54) is 0 Å². The minimum atomic E-state index is -3.19. The van der Waals surface area contributed by atoms with Crippen LogP contribution in [0.5, 0.6) is 0 Å². The fourth-order valence-electron chi connectivity index (χ4n) is 1.73. The predicted molar refractivity (Wildman–Crippen MR) is 56.0 cm³/mol. The second-order valence-electron chi connectivity index (χ2n) is 3.73. The zero-order valence-corrected chi connectivity index (χ0v) is 9.84. The van der Waals surface area contributed by atoms with Crippen LogP contribution in [0.2, 0.25) is 0 Å². The van der Waals surface area contributed by atoms with Gasteiger partial charge in [0.2, 0.25) is 0 Å². The Morgan fingerprint density at radius 1 is 1.53 bits per heavy atom. The molecule has 0 amide bonds. The molecule has 2 N–H and O–H groups in total. The second-order valence-corrected chi connectivity index (χ2v) is 6.20. The number of esters is 1. The van der Waals surface area contributed by atoms with E-state index in [1.807, 2.05) is 0 Å². The maximum atomic E-state index is 11.6. The molecule has 1 rings (SSSR count). The Morgan fingerprint density at radius 3 is 2.53 bits per heavy atom. The molecule has 0 aromatic rings. The van der Waals surface area contributed by atoms with Gasteiger partial charge in [-0.15, -0.1) is 0 Å². The third-order valence-corrected chi connectivity index (χ3v) is 5.18. The first kappa shape index (κ1) is 12.4. The summed E-state index contributed by atoms with van der Waals surface area (Å²) in [4.78, 5) is 11.6. The van der Waals surface area contributed by atoms with Crippen molar-refractivity contribution in [3.63, 3.8) is 0 Å². The molecule has 15 heavy (non-hydrogen) atoms. The van der Waals surface area contributed by atoms with Crippen LogP contribution in [0.25, 0.3) is 0 Å². The second kappa shape index (κ2) is 4.09. The van der Waals surface area contributed by atoms with Gasteiger partial charge in [0, 0.05) is 12.3 Å². The summed E-state index contributed by atoms with van der Waals surface area (Å²) in [6, 6.07) is 0. The first-order valence-corrected chi connectivity index (χ1v) is 6.75. The van der Waals surface area contributed by atoms with Crippen LogP contribution in [0.3, 0.4) is 0 Å². The van der Waals surface area contributed by atoms with Gasteiger partial charge in [0.1, 0.15) is 0 Å². The fourth-order valence-corrected chi connectivity index (χ4v) is 3.57. The lowest BCUT2D eigenvalue weighted by molar-refractivity contribution is -0.149. The number of nitrogens with two attached hydrogens (primary N) is 1. The summed E-state index contributed by atoms with van der Waals surface area (Å²) in [5, 5.41) is -0.640. The Hall–Kier alpha value is -0.620. The SMILES string of the molecule is CCOC(=O)C1(CN)CC1S(=O)(=O)CC. The third kappa shape index (κ3) is 2.01. The van der Waals surface area contributed by atoms with Gasteiger partial charge in [-0.1, -0.05) is 6.92 Å². The van der Waals surface area contributed by atoms with Gasteiger partial charge < -0.3 is 10.5 Å². The Bertz CT molecular complexity index is 351. The van der Waals surface area contributed by atoms with E-state index in [2.05, 4.69) is 0 Å². The van der Waals surface area contributed by atoms with Gasteiger partial charge in [0.15, 0.2) is 9.84 Å². The highest BCUT2D eigenvalue weighted by molar-refractivity contribution is 7.92. The predicted octanol–water partition coefficient (Wildman–Crippen LogP) is -0.298. The van der Waals surface area contributed by atoms with Crippen molar-refractivity contribution >= 4 is 15.8 Å². The number of hydrogen-bond acceptors (Lipinski definition) is 5. The smallest absolute Gasteiger partial charge is 0.314 e. The van der Waals surface area contributed by atoms with E-state index >= 15 is 0 Å². The topological polar surface area (TPSA) is 86.5 Å². The largest absolute Gasteiger partial charge is 0.465 e. The minimum absolute atomic E-state index is 0.0374. The monoisotopic (exact) mass is 235 g/mol. The van der Waals surface area contributed by atoms with Crippen molar-refractivity contribution in [2.24, 2.45) is 11.1 Å². The summed E-state index contributed by atoms with van der Waals surface area (Å²) >= 11 is 0. The molecule has 0 heterocycles. The highest BCUT2D eigenvalue weighted by Gasteiger charge is 2.65. The fraction of sp³-hybridized carbons (Fsp3) is 0.889. The third-order valence-electron chi connectivity index (χ3n) is 2.89. The van der Waals surface area contributed by atoms with Crippen LogP contribution in [-0.4, -0.2) is 38.5 Å². The minimum Gasteiger partial charge on any atom is -0.465 e. The van der Waals surface area contributed by atoms with Crippen LogP contribution < -0.4 is 5.73 Å². The van der Waals surface area contributed by atoms with Crippen molar-refractivity contribution < 1.29 is 17.9 Å². The van der Waals surface area contributed by atoms with E-state index in [0.29, 0.717) is 6.42 Å². The molecule has 0 aliphatic heterocycles. The van der Waals surface area contributed by atoms with Gasteiger partial charge in [-0.25, -0.2) is 8.42 Å². The Kier molecular flexibility index (Phi) is 3.40. The molecule has 88 valence electrons. The lowest BCUT2D eigenvalue weighted by atomic mass is 10.1. The van der Waals surface area contributed by atoms with Crippen molar-refractivity contribution in [3.05, 3.63) is 0 Å². The van der Waals surface area contributed by atoms with Crippen LogP contribution in [0.15, 0.2) is 0 Å². The highest BCUT2D eigenvalue weighted by atomic mass is 32.2. The maximum absolute atomic E-state index is 11.6. The van der Waals surface area contributed by atoms with Crippen LogP contribution in [-0.2, 0) is 19.4 Å². The average Bonchev–Trinajstić information content (AvgIpc) is 2.95. The number of sulfone groups is 1. The molecule has 5 nitrogen and oxygen atoms in total. The number of carbonyl (C=O) groups is 1. The Balaban J connectivity index is 2.82. The molecule has 1 saturated carbocycles. The molecular weight excluding hydrogens is 218 g/mol. The lowest BCUT2D eigenvalue weighted by Gasteiger charge is -2.12. The molecule has 0 saturated heterocycles. The summed E-state index contributed by atoms with van der Waals surface area (Å²) in [6.07, 6.45) is 0.304. The van der Waals surface area contributed by atoms with Crippen molar-refractivity contribution in [3.8, 4) is 0 Å². The zero-order chi connectivity index (χ0) is 11.7. The van der Waals surface area contributed by atoms with Crippen molar-refractivity contribution in [2.45, 2.75) is 25.5 Å². The summed E-state index contributed by atoms with van der Waals surface area (Å²) in [5.74, 6) is -0.437. The van der Waals surface area contributed by atoms with Gasteiger partial charge in [-0.3, -0.25) is 4.79 Å². The zero-order valence-electron chi connectivity index (χ0n) is 9.02. The molecule has 0 aromatic carbocycles. The van der Waals surface area contributed by atoms with Gasteiger partial charge in [-0.2, -0.15) is 0 Å². The molecule has 0 radical (unpaired) electrons. The van der Waals surface area contributed by atoms with Crippen molar-refractivity contribution in [1.82, 2.24) is 0 Å². The molecule has 2 atom stereocenters. The molecule has 0 bridgehead atoms. The van der Waals surface area contributed by atoms with Crippen LogP contribution in [0.1, 0.15) is 20.3 Å². The summed E-state index contributed by atoms with van der Waals surface area (Å²) in [5.41, 5.74) is 4.51. The van der Waals surface area contributed by atoms with E-state index in [1.54, 1.807) is 13.8 Å². The quantitative estimate of drug-likeness (QED) is 0.661. The lowest BCUT2D eigenvalue weighted by Crippen LogP contribution is -2.33. The molecule has 1 aliphatic carbocycles. The molecule has 2 unspecified atom stereocenters. The standard InChI is InChI=1S/C9H17NO4S/c1-3-14-8(11)9(6-10)5-7(9)15(12,13)4-2/h7H,3-6,10H2,1-2H3. The molecule has 0 aromatic heterocycles. The number of ether oxygens (including phenoxy) is 1. The number of rotatable bonds is 5. The van der Waals surface area contributed by atoms with Crippen molar-refractivity contribution in [1.29, 1.82) is 0 Å². The van der Waals surface area contributed by atoms with E-state index in [-0.39, 0.29) is 18.9 Å². The average molecular weight is 235 g/mol. The maximum Gasteiger partial charge on any atom is 0.314 e. The highest BCUT2D eigenvalue weighted by Crippen LogP contribution is 2.51. The van der Waals surface area contributed by atoms with Gasteiger partial charge in [0.25, 0.3) is 0 Å². The van der Waals surface area contributed by atoms with E-state index in [0.717, 1.165) is 0 Å².